The number of thiophene rings is 1. The van der Waals surface area contributed by atoms with Crippen molar-refractivity contribution < 1.29 is 0 Å². The van der Waals surface area contributed by atoms with Gasteiger partial charge in [0.05, 0.1) is 4.34 Å². The van der Waals surface area contributed by atoms with Gasteiger partial charge in [-0.15, -0.1) is 11.3 Å². The summed E-state index contributed by atoms with van der Waals surface area (Å²) in [6, 6.07) is 5.39. The summed E-state index contributed by atoms with van der Waals surface area (Å²) in [6.07, 6.45) is 0.864. The molecule has 2 rings (SSSR count). The van der Waals surface area contributed by atoms with E-state index in [2.05, 4.69) is 15.3 Å². The van der Waals surface area contributed by atoms with Crippen LogP contribution in [0.25, 0.3) is 0 Å². The van der Waals surface area contributed by atoms with E-state index in [1.165, 1.54) is 10.9 Å². The van der Waals surface area contributed by atoms with Gasteiger partial charge in [0.2, 0.25) is 0 Å². The highest BCUT2D eigenvalue weighted by molar-refractivity contribution is 7.16. The molecule has 0 radical (unpaired) electrons. The largest absolute Gasteiger partial charge is 0.369 e. The number of anilines is 1. The topological polar surface area (TPSA) is 57.8 Å². The van der Waals surface area contributed by atoms with Crippen LogP contribution < -0.4 is 10.9 Å². The number of rotatable bonds is 5. The van der Waals surface area contributed by atoms with E-state index in [0.717, 1.165) is 17.3 Å². The van der Waals surface area contributed by atoms with E-state index in [4.69, 9.17) is 11.6 Å². The van der Waals surface area contributed by atoms with E-state index < -0.39 is 0 Å². The van der Waals surface area contributed by atoms with Crippen molar-refractivity contribution in [2.45, 2.75) is 26.2 Å². The predicted molar refractivity (Wildman–Crippen MR) is 80.5 cm³/mol. The quantitative estimate of drug-likeness (QED) is 0.890. The van der Waals surface area contributed by atoms with Crippen LogP contribution in [-0.4, -0.2) is 16.5 Å². The van der Waals surface area contributed by atoms with E-state index in [1.807, 2.05) is 26.0 Å². The predicted octanol–water partition coefficient (Wildman–Crippen LogP) is 3.26. The van der Waals surface area contributed by atoms with Crippen molar-refractivity contribution in [1.29, 1.82) is 0 Å². The molecule has 0 amide bonds. The zero-order chi connectivity index (χ0) is 13.8. The Morgan fingerprint density at radius 1 is 1.47 bits per heavy atom. The van der Waals surface area contributed by atoms with Gasteiger partial charge in [0.25, 0.3) is 5.56 Å². The second kappa shape index (κ2) is 6.21. The number of H-pyrrole nitrogens is 1. The molecule has 0 aliphatic carbocycles. The number of halogens is 1. The molecule has 6 heteroatoms. The summed E-state index contributed by atoms with van der Waals surface area (Å²) >= 11 is 7.44. The molecule has 2 aromatic rings. The molecule has 0 aliphatic rings. The first-order chi connectivity index (χ1) is 9.04. The summed E-state index contributed by atoms with van der Waals surface area (Å²) in [7, 11) is 0. The van der Waals surface area contributed by atoms with Crippen LogP contribution in [0.3, 0.4) is 0 Å². The minimum absolute atomic E-state index is 0.125. The summed E-state index contributed by atoms with van der Waals surface area (Å²) in [6.45, 7) is 4.72. The smallest absolute Gasteiger partial charge is 0.252 e. The van der Waals surface area contributed by atoms with Crippen molar-refractivity contribution in [3.8, 4) is 0 Å². The van der Waals surface area contributed by atoms with E-state index in [0.29, 0.717) is 11.6 Å². The van der Waals surface area contributed by atoms with Gasteiger partial charge >= 0.3 is 0 Å². The van der Waals surface area contributed by atoms with E-state index >= 15 is 0 Å². The van der Waals surface area contributed by atoms with Gasteiger partial charge in [-0.25, -0.2) is 4.98 Å². The molecular formula is C13H16ClN3OS. The van der Waals surface area contributed by atoms with Crippen molar-refractivity contribution in [2.75, 3.05) is 11.9 Å². The summed E-state index contributed by atoms with van der Waals surface area (Å²) in [4.78, 5) is 19.8. The maximum absolute atomic E-state index is 11.5. The number of aromatic amines is 1. The maximum atomic E-state index is 11.5. The van der Waals surface area contributed by atoms with Gasteiger partial charge in [-0.3, -0.25) is 4.79 Å². The molecule has 4 nitrogen and oxygen atoms in total. The number of hydrogen-bond donors (Lipinski definition) is 2. The highest BCUT2D eigenvalue weighted by atomic mass is 35.5. The first-order valence-electron chi connectivity index (χ1n) is 6.14. The molecule has 2 heterocycles. The van der Waals surface area contributed by atoms with E-state index in [9.17, 15) is 4.79 Å². The lowest BCUT2D eigenvalue weighted by atomic mass is 10.2. The molecule has 0 aromatic carbocycles. The first kappa shape index (κ1) is 14.1. The number of aromatic nitrogens is 2. The molecule has 2 N–H and O–H groups in total. The Morgan fingerprint density at radius 2 is 2.26 bits per heavy atom. The molecule has 0 saturated heterocycles. The SMILES string of the molecule is CC(C)c1nc(NCCc2ccc(Cl)s2)cc(=O)[nH]1. The average Bonchev–Trinajstić information content (AvgIpc) is 2.74. The van der Waals surface area contributed by atoms with E-state index in [1.54, 1.807) is 11.3 Å². The zero-order valence-corrected chi connectivity index (χ0v) is 12.4. The minimum Gasteiger partial charge on any atom is -0.369 e. The summed E-state index contributed by atoms with van der Waals surface area (Å²) in [5, 5.41) is 3.17. The first-order valence-corrected chi connectivity index (χ1v) is 7.33. The fourth-order valence-electron chi connectivity index (χ4n) is 1.64. The van der Waals surface area contributed by atoms with Crippen LogP contribution in [-0.2, 0) is 6.42 Å². The summed E-state index contributed by atoms with van der Waals surface area (Å²) in [5.74, 6) is 1.52. The third-order valence-corrected chi connectivity index (χ3v) is 3.90. The van der Waals surface area contributed by atoms with Crippen LogP contribution in [0.5, 0.6) is 0 Å². The monoisotopic (exact) mass is 297 g/mol. The molecule has 0 fully saturated rings. The van der Waals surface area contributed by atoms with Crippen LogP contribution in [0.2, 0.25) is 4.34 Å². The van der Waals surface area contributed by atoms with Crippen molar-refractivity contribution in [3.05, 3.63) is 43.6 Å². The van der Waals surface area contributed by atoms with Crippen LogP contribution >= 0.6 is 22.9 Å². The Bertz CT molecular complexity index is 606. The summed E-state index contributed by atoms with van der Waals surface area (Å²) in [5.41, 5.74) is -0.125. The Balaban J connectivity index is 1.97. The molecule has 2 aromatic heterocycles. The average molecular weight is 298 g/mol. The molecule has 0 aliphatic heterocycles. The molecule has 0 saturated carbocycles. The fourth-order valence-corrected chi connectivity index (χ4v) is 2.73. The molecular weight excluding hydrogens is 282 g/mol. The number of hydrogen-bond acceptors (Lipinski definition) is 4. The van der Waals surface area contributed by atoms with Crippen molar-refractivity contribution >= 4 is 28.8 Å². The van der Waals surface area contributed by atoms with Gasteiger partial charge in [0.15, 0.2) is 0 Å². The van der Waals surface area contributed by atoms with Crippen LogP contribution in [0.1, 0.15) is 30.5 Å². The Morgan fingerprint density at radius 3 is 2.89 bits per heavy atom. The Labute approximate surface area is 120 Å². The van der Waals surface area contributed by atoms with Gasteiger partial charge in [-0.1, -0.05) is 25.4 Å². The van der Waals surface area contributed by atoms with Gasteiger partial charge < -0.3 is 10.3 Å². The summed E-state index contributed by atoms with van der Waals surface area (Å²) < 4.78 is 0.798. The number of nitrogens with zero attached hydrogens (tertiary/aromatic N) is 1. The maximum Gasteiger partial charge on any atom is 0.252 e. The standard InChI is InChI=1S/C13H16ClN3OS/c1-8(2)13-16-11(7-12(18)17-13)15-6-5-9-3-4-10(14)19-9/h3-4,7-8H,5-6H2,1-2H3,(H2,15,16,17,18). The van der Waals surface area contributed by atoms with Gasteiger partial charge in [-0.05, 0) is 18.6 Å². The van der Waals surface area contributed by atoms with Crippen molar-refractivity contribution in [3.63, 3.8) is 0 Å². The highest BCUT2D eigenvalue weighted by Crippen LogP contribution is 2.21. The van der Waals surface area contributed by atoms with Crippen LogP contribution in [0.4, 0.5) is 5.82 Å². The lowest BCUT2D eigenvalue weighted by Gasteiger charge is -2.08. The van der Waals surface area contributed by atoms with Crippen LogP contribution in [0, 0.1) is 0 Å². The third kappa shape index (κ3) is 4.08. The lowest BCUT2D eigenvalue weighted by molar-refractivity contribution is 0.766. The molecule has 102 valence electrons. The normalized spacial score (nSPS) is 10.9. The van der Waals surface area contributed by atoms with Crippen molar-refractivity contribution in [2.24, 2.45) is 0 Å². The fraction of sp³-hybridized carbons (Fsp3) is 0.385. The van der Waals surface area contributed by atoms with Gasteiger partial charge in [0, 0.05) is 23.4 Å². The molecule has 0 atom stereocenters. The molecule has 0 bridgehead atoms. The lowest BCUT2D eigenvalue weighted by Crippen LogP contribution is -2.15. The van der Waals surface area contributed by atoms with Gasteiger partial charge in [0.1, 0.15) is 11.6 Å². The Kier molecular flexibility index (Phi) is 4.61. The van der Waals surface area contributed by atoms with Crippen LogP contribution in [0.15, 0.2) is 23.0 Å². The second-order valence-corrected chi connectivity index (χ2v) is 6.35. The molecule has 0 spiro atoms. The van der Waals surface area contributed by atoms with Gasteiger partial charge in [-0.2, -0.15) is 0 Å². The number of nitrogens with one attached hydrogen (secondary N) is 2. The second-order valence-electron chi connectivity index (χ2n) is 4.55. The third-order valence-electron chi connectivity index (χ3n) is 2.61. The zero-order valence-electron chi connectivity index (χ0n) is 10.9. The Hall–Kier alpha value is -1.33. The molecule has 19 heavy (non-hydrogen) atoms. The molecule has 0 unspecified atom stereocenters. The van der Waals surface area contributed by atoms with E-state index in [-0.39, 0.29) is 11.5 Å². The highest BCUT2D eigenvalue weighted by Gasteiger charge is 2.05. The van der Waals surface area contributed by atoms with Crippen molar-refractivity contribution in [1.82, 2.24) is 9.97 Å². The minimum atomic E-state index is -0.125.